The summed E-state index contributed by atoms with van der Waals surface area (Å²) in [6, 6.07) is 13.0. The normalized spacial score (nSPS) is 11.8. The number of anilines is 1. The quantitative estimate of drug-likeness (QED) is 0.653. The molecule has 0 aliphatic heterocycles. The summed E-state index contributed by atoms with van der Waals surface area (Å²) in [5.74, 6) is 0.804. The van der Waals surface area contributed by atoms with Crippen molar-refractivity contribution in [3.63, 3.8) is 0 Å². The number of nitrogens with zero attached hydrogens (tertiary/aromatic N) is 3. The molecule has 3 rings (SSSR count). The second-order valence-electron chi connectivity index (χ2n) is 6.19. The first-order valence-electron chi connectivity index (χ1n) is 8.74. The molecule has 3 aromatic rings. The van der Waals surface area contributed by atoms with Crippen molar-refractivity contribution >= 4 is 23.2 Å². The molecule has 0 aliphatic carbocycles. The lowest BCUT2D eigenvalue weighted by atomic mass is 9.98. The highest BCUT2D eigenvalue weighted by molar-refractivity contribution is 6.31. The Morgan fingerprint density at radius 3 is 2.85 bits per heavy atom. The third-order valence-electron chi connectivity index (χ3n) is 4.32. The van der Waals surface area contributed by atoms with Gasteiger partial charge in [-0.25, -0.2) is 9.67 Å². The van der Waals surface area contributed by atoms with Gasteiger partial charge in [0.25, 0.3) is 5.91 Å². The van der Waals surface area contributed by atoms with Crippen molar-refractivity contribution in [2.24, 2.45) is 0 Å². The van der Waals surface area contributed by atoms with Crippen LogP contribution in [0.4, 0.5) is 5.69 Å². The lowest BCUT2D eigenvalue weighted by Crippen LogP contribution is -2.21. The zero-order valence-electron chi connectivity index (χ0n) is 15.2. The second-order valence-corrected chi connectivity index (χ2v) is 6.62. The van der Waals surface area contributed by atoms with Gasteiger partial charge in [0.15, 0.2) is 6.61 Å². The fraction of sp³-hybridized carbons (Fsp3) is 0.250. The van der Waals surface area contributed by atoms with E-state index in [1.54, 1.807) is 29.2 Å². The number of halogens is 1. The van der Waals surface area contributed by atoms with Crippen molar-refractivity contribution in [1.29, 1.82) is 0 Å². The van der Waals surface area contributed by atoms with E-state index in [2.05, 4.69) is 29.2 Å². The molecule has 2 aromatic carbocycles. The van der Waals surface area contributed by atoms with Gasteiger partial charge in [0.05, 0.1) is 11.4 Å². The van der Waals surface area contributed by atoms with Gasteiger partial charge in [-0.05, 0) is 42.2 Å². The molecule has 0 fully saturated rings. The lowest BCUT2D eigenvalue weighted by Gasteiger charge is -2.16. The van der Waals surface area contributed by atoms with Crippen molar-refractivity contribution in [2.75, 3.05) is 11.9 Å². The SMILES string of the molecule is CCC(C)c1ccccc1OCC(=O)Nc1cc(Cl)ccc1-n1cncn1. The molecule has 0 radical (unpaired) electrons. The van der Waals surface area contributed by atoms with Crippen LogP contribution in [0.15, 0.2) is 55.1 Å². The average Bonchev–Trinajstić information content (AvgIpc) is 3.20. The summed E-state index contributed by atoms with van der Waals surface area (Å²) in [5.41, 5.74) is 2.31. The van der Waals surface area contributed by atoms with Gasteiger partial charge in [-0.15, -0.1) is 0 Å². The molecule has 0 saturated carbocycles. The molecule has 0 spiro atoms. The van der Waals surface area contributed by atoms with Gasteiger partial charge in [0, 0.05) is 5.02 Å². The maximum atomic E-state index is 12.4. The average molecular weight is 385 g/mol. The second kappa shape index (κ2) is 8.68. The van der Waals surface area contributed by atoms with E-state index < -0.39 is 0 Å². The molecule has 1 aromatic heterocycles. The van der Waals surface area contributed by atoms with Crippen molar-refractivity contribution in [2.45, 2.75) is 26.2 Å². The Hall–Kier alpha value is -2.86. The third kappa shape index (κ3) is 4.65. The Bertz CT molecular complexity index is 912. The van der Waals surface area contributed by atoms with Gasteiger partial charge in [0.1, 0.15) is 18.4 Å². The number of rotatable bonds is 7. The zero-order valence-corrected chi connectivity index (χ0v) is 16.0. The van der Waals surface area contributed by atoms with Crippen molar-refractivity contribution in [3.05, 3.63) is 65.7 Å². The highest BCUT2D eigenvalue weighted by Gasteiger charge is 2.13. The number of hydrogen-bond acceptors (Lipinski definition) is 4. The molecule has 140 valence electrons. The van der Waals surface area contributed by atoms with Crippen LogP contribution in [-0.4, -0.2) is 27.3 Å². The highest BCUT2D eigenvalue weighted by atomic mass is 35.5. The van der Waals surface area contributed by atoms with Gasteiger partial charge in [0.2, 0.25) is 0 Å². The van der Waals surface area contributed by atoms with Crippen molar-refractivity contribution in [3.8, 4) is 11.4 Å². The van der Waals surface area contributed by atoms with Crippen molar-refractivity contribution < 1.29 is 9.53 Å². The maximum absolute atomic E-state index is 12.4. The van der Waals surface area contributed by atoms with E-state index in [-0.39, 0.29) is 12.5 Å². The van der Waals surface area contributed by atoms with Crippen LogP contribution in [0.5, 0.6) is 5.75 Å². The number of ether oxygens (including phenoxy) is 1. The molecule has 1 heterocycles. The Balaban J connectivity index is 1.72. The van der Waals surface area contributed by atoms with Gasteiger partial charge in [-0.3, -0.25) is 4.79 Å². The molecule has 1 N–H and O–H groups in total. The Morgan fingerprint density at radius 2 is 2.11 bits per heavy atom. The first kappa shape index (κ1) is 18.9. The molecular formula is C20H21ClN4O2. The molecule has 7 heteroatoms. The van der Waals surface area contributed by atoms with E-state index in [4.69, 9.17) is 16.3 Å². The summed E-state index contributed by atoms with van der Waals surface area (Å²) >= 11 is 6.08. The number of aromatic nitrogens is 3. The summed E-state index contributed by atoms with van der Waals surface area (Å²) in [6.07, 6.45) is 3.98. The van der Waals surface area contributed by atoms with Gasteiger partial charge in [-0.1, -0.05) is 43.6 Å². The predicted molar refractivity (Wildman–Crippen MR) is 106 cm³/mol. The number of para-hydroxylation sites is 1. The van der Waals surface area contributed by atoms with E-state index in [1.165, 1.54) is 6.33 Å². The minimum atomic E-state index is -0.280. The Labute approximate surface area is 163 Å². The molecule has 0 saturated heterocycles. The molecule has 6 nitrogen and oxygen atoms in total. The summed E-state index contributed by atoms with van der Waals surface area (Å²) in [4.78, 5) is 16.4. The minimum absolute atomic E-state index is 0.100. The van der Waals surface area contributed by atoms with E-state index in [0.717, 1.165) is 17.7 Å². The van der Waals surface area contributed by atoms with E-state index in [9.17, 15) is 4.79 Å². The number of carbonyl (C=O) groups is 1. The lowest BCUT2D eigenvalue weighted by molar-refractivity contribution is -0.118. The monoisotopic (exact) mass is 384 g/mol. The third-order valence-corrected chi connectivity index (χ3v) is 4.55. The molecule has 1 atom stereocenters. The largest absolute Gasteiger partial charge is 0.483 e. The minimum Gasteiger partial charge on any atom is -0.483 e. The maximum Gasteiger partial charge on any atom is 0.262 e. The van der Waals surface area contributed by atoms with Crippen molar-refractivity contribution in [1.82, 2.24) is 14.8 Å². The number of carbonyl (C=O) groups excluding carboxylic acids is 1. The fourth-order valence-electron chi connectivity index (χ4n) is 2.71. The first-order chi connectivity index (χ1) is 13.1. The predicted octanol–water partition coefficient (Wildman–Crippen LogP) is 4.45. The van der Waals surface area contributed by atoms with Gasteiger partial charge in [-0.2, -0.15) is 5.10 Å². The van der Waals surface area contributed by atoms with Crippen LogP contribution in [0, 0.1) is 0 Å². The van der Waals surface area contributed by atoms with Crippen LogP contribution in [0.3, 0.4) is 0 Å². The Morgan fingerprint density at radius 1 is 1.30 bits per heavy atom. The fourth-order valence-corrected chi connectivity index (χ4v) is 2.88. The summed E-state index contributed by atoms with van der Waals surface area (Å²) in [7, 11) is 0. The smallest absolute Gasteiger partial charge is 0.262 e. The number of amides is 1. The van der Waals surface area contributed by atoms with Crippen LogP contribution in [0.2, 0.25) is 5.02 Å². The van der Waals surface area contributed by atoms with Crippen LogP contribution in [0.25, 0.3) is 5.69 Å². The van der Waals surface area contributed by atoms with E-state index in [1.807, 2.05) is 24.3 Å². The topological polar surface area (TPSA) is 69.0 Å². The molecule has 0 bridgehead atoms. The van der Waals surface area contributed by atoms with Gasteiger partial charge < -0.3 is 10.1 Å². The summed E-state index contributed by atoms with van der Waals surface area (Å²) in [6.45, 7) is 4.16. The summed E-state index contributed by atoms with van der Waals surface area (Å²) in [5, 5.41) is 7.44. The molecule has 27 heavy (non-hydrogen) atoms. The molecular weight excluding hydrogens is 364 g/mol. The Kier molecular flexibility index (Phi) is 6.08. The van der Waals surface area contributed by atoms with Crippen LogP contribution >= 0.6 is 11.6 Å². The van der Waals surface area contributed by atoms with Crippen LogP contribution < -0.4 is 10.1 Å². The molecule has 0 aliphatic rings. The van der Waals surface area contributed by atoms with E-state index >= 15 is 0 Å². The highest BCUT2D eigenvalue weighted by Crippen LogP contribution is 2.28. The van der Waals surface area contributed by atoms with E-state index in [0.29, 0.717) is 22.3 Å². The van der Waals surface area contributed by atoms with Crippen LogP contribution in [-0.2, 0) is 4.79 Å². The van der Waals surface area contributed by atoms with Crippen LogP contribution in [0.1, 0.15) is 31.7 Å². The number of nitrogens with one attached hydrogen (secondary N) is 1. The standard InChI is InChI=1S/C20H21ClN4O2/c1-3-14(2)16-6-4-5-7-19(16)27-11-20(26)24-17-10-15(21)8-9-18(17)25-13-22-12-23-25/h4-10,12-14H,3,11H2,1-2H3,(H,24,26). The summed E-state index contributed by atoms with van der Waals surface area (Å²) < 4.78 is 7.34. The molecule has 1 unspecified atom stereocenters. The molecule has 1 amide bonds. The zero-order chi connectivity index (χ0) is 19.2. The number of benzene rings is 2. The number of hydrogen-bond donors (Lipinski definition) is 1. The van der Waals surface area contributed by atoms with Gasteiger partial charge >= 0.3 is 0 Å². The first-order valence-corrected chi connectivity index (χ1v) is 9.12.